The number of sulfone groups is 1. The molecule has 2 heterocycles. The van der Waals surface area contributed by atoms with Crippen molar-refractivity contribution < 1.29 is 8.42 Å². The molecule has 1 atom stereocenters. The predicted octanol–water partition coefficient (Wildman–Crippen LogP) is 3.04. The van der Waals surface area contributed by atoms with Gasteiger partial charge in [-0.2, -0.15) is 4.98 Å². The van der Waals surface area contributed by atoms with E-state index in [0.717, 1.165) is 46.9 Å². The van der Waals surface area contributed by atoms with Crippen molar-refractivity contribution >= 4 is 33.2 Å². The largest absolute Gasteiger partial charge is 0.349 e. The lowest BCUT2D eigenvalue weighted by atomic mass is 10.2. The molecule has 1 fully saturated rings. The van der Waals surface area contributed by atoms with Gasteiger partial charge in [0, 0.05) is 22.0 Å². The van der Waals surface area contributed by atoms with Gasteiger partial charge in [-0.3, -0.25) is 4.57 Å². The maximum atomic E-state index is 12.7. The van der Waals surface area contributed by atoms with Gasteiger partial charge in [-0.1, -0.05) is 23.7 Å². The van der Waals surface area contributed by atoms with E-state index in [0.29, 0.717) is 11.4 Å². The van der Waals surface area contributed by atoms with Gasteiger partial charge >= 0.3 is 5.69 Å². The third kappa shape index (κ3) is 3.57. The average Bonchev–Trinajstić information content (AvgIpc) is 3.20. The first-order valence-electron chi connectivity index (χ1n) is 8.65. The van der Waals surface area contributed by atoms with E-state index in [-0.39, 0.29) is 23.2 Å². The highest BCUT2D eigenvalue weighted by molar-refractivity contribution is 7.98. The van der Waals surface area contributed by atoms with E-state index in [2.05, 4.69) is 4.98 Å². The number of hydrogen-bond donors (Lipinski definition) is 0. The Bertz CT molecular complexity index is 1000. The highest BCUT2D eigenvalue weighted by Crippen LogP contribution is 2.34. The van der Waals surface area contributed by atoms with Gasteiger partial charge in [-0.25, -0.2) is 13.2 Å². The normalized spacial score (nSPS) is 21.0. The quantitative estimate of drug-likeness (QED) is 0.572. The summed E-state index contributed by atoms with van der Waals surface area (Å²) in [6.07, 6.45) is 3.20. The van der Waals surface area contributed by atoms with E-state index >= 15 is 0 Å². The van der Waals surface area contributed by atoms with Crippen LogP contribution < -0.4 is 5.69 Å². The molecule has 0 saturated carbocycles. The van der Waals surface area contributed by atoms with Crippen LogP contribution in [-0.2, 0) is 28.4 Å². The van der Waals surface area contributed by atoms with Crippen LogP contribution in [0.15, 0.2) is 34.1 Å². The van der Waals surface area contributed by atoms with Gasteiger partial charge in [-0.15, -0.1) is 11.8 Å². The van der Waals surface area contributed by atoms with Crippen LogP contribution in [0.3, 0.4) is 0 Å². The molecule has 2 aliphatic rings. The first-order chi connectivity index (χ1) is 12.4. The van der Waals surface area contributed by atoms with Gasteiger partial charge in [0.25, 0.3) is 0 Å². The van der Waals surface area contributed by atoms with Gasteiger partial charge in [0.2, 0.25) is 0 Å². The summed E-state index contributed by atoms with van der Waals surface area (Å²) in [5.41, 5.74) is 2.92. The van der Waals surface area contributed by atoms with Crippen molar-refractivity contribution in [2.24, 2.45) is 0 Å². The molecular formula is C18H19ClN2O3S2. The van der Waals surface area contributed by atoms with Crippen LogP contribution >= 0.6 is 23.4 Å². The Kier molecular flexibility index (Phi) is 4.88. The van der Waals surface area contributed by atoms with Crippen LogP contribution in [0.25, 0.3) is 0 Å². The average molecular weight is 411 g/mol. The maximum absolute atomic E-state index is 12.7. The van der Waals surface area contributed by atoms with Crippen molar-refractivity contribution in [3.8, 4) is 0 Å². The maximum Gasteiger partial charge on any atom is 0.349 e. The standard InChI is InChI=1S/C18H19ClN2O3S2/c19-13-6-4-12(5-7-13)10-25-17-15-2-1-3-16(15)21(18(22)20-17)14-8-9-26(23,24)11-14/h4-7,14H,1-3,8-11H2/t14-/m1/s1. The lowest BCUT2D eigenvalue weighted by Gasteiger charge is -2.18. The van der Waals surface area contributed by atoms with Crippen LogP contribution in [0.4, 0.5) is 0 Å². The summed E-state index contributed by atoms with van der Waals surface area (Å²) in [7, 11) is -3.04. The van der Waals surface area contributed by atoms with Crippen LogP contribution in [-0.4, -0.2) is 29.5 Å². The van der Waals surface area contributed by atoms with Crippen molar-refractivity contribution in [2.75, 3.05) is 11.5 Å². The Morgan fingerprint density at radius 3 is 2.69 bits per heavy atom. The molecule has 1 aromatic carbocycles. The molecule has 138 valence electrons. The Balaban J connectivity index is 1.64. The summed E-state index contributed by atoms with van der Waals surface area (Å²) in [6, 6.07) is 7.39. The molecule has 1 saturated heterocycles. The van der Waals surface area contributed by atoms with E-state index < -0.39 is 9.84 Å². The van der Waals surface area contributed by atoms with Crippen molar-refractivity contribution in [3.05, 3.63) is 56.6 Å². The molecule has 1 aliphatic heterocycles. The highest BCUT2D eigenvalue weighted by atomic mass is 35.5. The van der Waals surface area contributed by atoms with Crippen molar-refractivity contribution in [2.45, 2.75) is 42.5 Å². The summed E-state index contributed by atoms with van der Waals surface area (Å²) in [6.45, 7) is 0. The highest BCUT2D eigenvalue weighted by Gasteiger charge is 2.33. The van der Waals surface area contributed by atoms with Gasteiger partial charge in [0.15, 0.2) is 9.84 Å². The van der Waals surface area contributed by atoms with Gasteiger partial charge in [0.05, 0.1) is 17.5 Å². The second-order valence-electron chi connectivity index (χ2n) is 6.82. The van der Waals surface area contributed by atoms with Gasteiger partial charge in [0.1, 0.15) is 5.03 Å². The van der Waals surface area contributed by atoms with E-state index in [1.165, 1.54) is 0 Å². The molecule has 26 heavy (non-hydrogen) atoms. The van der Waals surface area contributed by atoms with Crippen molar-refractivity contribution in [3.63, 3.8) is 0 Å². The van der Waals surface area contributed by atoms with Gasteiger partial charge < -0.3 is 0 Å². The zero-order valence-electron chi connectivity index (χ0n) is 14.2. The molecular weight excluding hydrogens is 392 g/mol. The van der Waals surface area contributed by atoms with Gasteiger partial charge in [-0.05, 0) is 43.4 Å². The smallest absolute Gasteiger partial charge is 0.292 e. The first-order valence-corrected chi connectivity index (χ1v) is 11.8. The summed E-state index contributed by atoms with van der Waals surface area (Å²) in [5.74, 6) is 0.933. The van der Waals surface area contributed by atoms with E-state index in [4.69, 9.17) is 11.6 Å². The SMILES string of the molecule is O=c1nc(SCc2ccc(Cl)cc2)c2c(n1[C@@H]1CCS(=O)(=O)C1)CCC2. The molecule has 0 bridgehead atoms. The number of aromatic nitrogens is 2. The fraction of sp³-hybridized carbons (Fsp3) is 0.444. The van der Waals surface area contributed by atoms with E-state index in [1.54, 1.807) is 16.3 Å². The van der Waals surface area contributed by atoms with Crippen molar-refractivity contribution in [1.29, 1.82) is 0 Å². The lowest BCUT2D eigenvalue weighted by Crippen LogP contribution is -2.31. The van der Waals surface area contributed by atoms with Crippen LogP contribution in [0.5, 0.6) is 0 Å². The molecule has 2 aromatic rings. The fourth-order valence-electron chi connectivity index (χ4n) is 3.75. The molecule has 1 aliphatic carbocycles. The minimum Gasteiger partial charge on any atom is -0.292 e. The zero-order chi connectivity index (χ0) is 18.3. The molecule has 0 N–H and O–H groups in total. The Hall–Kier alpha value is -1.31. The van der Waals surface area contributed by atoms with Crippen LogP contribution in [0.1, 0.15) is 35.7 Å². The fourth-order valence-corrected chi connectivity index (χ4v) is 6.61. The minimum atomic E-state index is -3.04. The second-order valence-corrected chi connectivity index (χ2v) is 10.4. The summed E-state index contributed by atoms with van der Waals surface area (Å²) < 4.78 is 25.3. The molecule has 5 nitrogen and oxygen atoms in total. The number of fused-ring (bicyclic) bond motifs is 1. The number of rotatable bonds is 4. The van der Waals surface area contributed by atoms with Crippen LogP contribution in [0.2, 0.25) is 5.02 Å². The first kappa shape index (κ1) is 18.1. The molecule has 0 unspecified atom stereocenters. The number of thioether (sulfide) groups is 1. The second kappa shape index (κ2) is 7.02. The Morgan fingerprint density at radius 2 is 2.00 bits per heavy atom. The number of halogens is 1. The minimum absolute atomic E-state index is 0.0539. The van der Waals surface area contributed by atoms with Crippen LogP contribution in [0, 0.1) is 0 Å². The third-order valence-corrected chi connectivity index (χ3v) is 8.09. The number of hydrogen-bond acceptors (Lipinski definition) is 5. The van der Waals surface area contributed by atoms with Crippen molar-refractivity contribution in [1.82, 2.24) is 9.55 Å². The Labute approximate surface area is 161 Å². The number of nitrogens with zero attached hydrogens (tertiary/aromatic N) is 2. The van der Waals surface area contributed by atoms with E-state index in [9.17, 15) is 13.2 Å². The molecule has 1 aromatic heterocycles. The molecule has 8 heteroatoms. The number of benzene rings is 1. The monoisotopic (exact) mass is 410 g/mol. The molecule has 0 spiro atoms. The zero-order valence-corrected chi connectivity index (χ0v) is 16.5. The Morgan fingerprint density at radius 1 is 1.23 bits per heavy atom. The predicted molar refractivity (Wildman–Crippen MR) is 104 cm³/mol. The summed E-state index contributed by atoms with van der Waals surface area (Å²) in [4.78, 5) is 17.0. The van der Waals surface area contributed by atoms with E-state index in [1.807, 2.05) is 24.3 Å². The molecule has 0 radical (unpaired) electrons. The summed E-state index contributed by atoms with van der Waals surface area (Å²) >= 11 is 7.48. The lowest BCUT2D eigenvalue weighted by molar-refractivity contribution is 0.502. The third-order valence-electron chi connectivity index (χ3n) is 5.00. The summed E-state index contributed by atoms with van der Waals surface area (Å²) in [5, 5.41) is 1.49. The molecule has 4 rings (SSSR count). The topological polar surface area (TPSA) is 69.0 Å². The molecule has 0 amide bonds.